The van der Waals surface area contributed by atoms with Crippen molar-refractivity contribution in [2.75, 3.05) is 0 Å². The van der Waals surface area contributed by atoms with Crippen LogP contribution in [0.15, 0.2) is 89.1 Å². The molecule has 140 valence electrons. The van der Waals surface area contributed by atoms with E-state index in [0.29, 0.717) is 23.3 Å². The van der Waals surface area contributed by atoms with E-state index in [1.165, 1.54) is 18.2 Å². The smallest absolute Gasteiger partial charge is 0.213 e. The highest BCUT2D eigenvalue weighted by molar-refractivity contribution is 6.51. The second-order valence-corrected chi connectivity index (χ2v) is 6.07. The molecular formula is C23H19FN2O2. The standard InChI is InChI=1S/C23H19FN2O2/c1-2-20(19-15-18(24)13-14-21(19)27)25-26-22(16-9-5-3-6-10-16)23(28)17-11-7-4-8-12-17/h3-15,27H,2H2,1H3/b25-20+,26-22-. The third-order valence-corrected chi connectivity index (χ3v) is 4.17. The van der Waals surface area contributed by atoms with E-state index in [-0.39, 0.29) is 22.8 Å². The van der Waals surface area contributed by atoms with E-state index in [1.807, 2.05) is 31.2 Å². The van der Waals surface area contributed by atoms with Crippen molar-refractivity contribution in [2.45, 2.75) is 13.3 Å². The van der Waals surface area contributed by atoms with Gasteiger partial charge in [-0.25, -0.2) is 4.39 Å². The highest BCUT2D eigenvalue weighted by Crippen LogP contribution is 2.20. The van der Waals surface area contributed by atoms with Crippen molar-refractivity contribution in [2.24, 2.45) is 10.2 Å². The van der Waals surface area contributed by atoms with Crippen LogP contribution >= 0.6 is 0 Å². The molecule has 3 aromatic carbocycles. The zero-order chi connectivity index (χ0) is 19.9. The Kier molecular flexibility index (Phi) is 6.07. The van der Waals surface area contributed by atoms with Gasteiger partial charge in [-0.2, -0.15) is 5.10 Å². The predicted octanol–water partition coefficient (Wildman–Crippen LogP) is 5.02. The van der Waals surface area contributed by atoms with Gasteiger partial charge >= 0.3 is 0 Å². The van der Waals surface area contributed by atoms with Gasteiger partial charge in [0.2, 0.25) is 5.78 Å². The molecule has 0 aromatic heterocycles. The lowest BCUT2D eigenvalue weighted by Gasteiger charge is -2.07. The van der Waals surface area contributed by atoms with Crippen LogP contribution in [0.4, 0.5) is 4.39 Å². The highest BCUT2D eigenvalue weighted by atomic mass is 19.1. The summed E-state index contributed by atoms with van der Waals surface area (Å²) in [5.74, 6) is -0.844. The summed E-state index contributed by atoms with van der Waals surface area (Å²) >= 11 is 0. The number of halogens is 1. The third kappa shape index (κ3) is 4.38. The van der Waals surface area contributed by atoms with Crippen molar-refractivity contribution >= 4 is 17.2 Å². The van der Waals surface area contributed by atoms with Crippen LogP contribution in [0.2, 0.25) is 0 Å². The lowest BCUT2D eigenvalue weighted by Crippen LogP contribution is -2.16. The van der Waals surface area contributed by atoms with Gasteiger partial charge in [0.05, 0.1) is 5.71 Å². The molecule has 0 aliphatic heterocycles. The number of ketones is 1. The number of aromatic hydroxyl groups is 1. The lowest BCUT2D eigenvalue weighted by molar-refractivity contribution is 0.106. The first-order valence-electron chi connectivity index (χ1n) is 8.88. The molecule has 0 radical (unpaired) electrons. The normalized spacial score (nSPS) is 12.1. The second kappa shape index (κ2) is 8.86. The summed E-state index contributed by atoms with van der Waals surface area (Å²) in [4.78, 5) is 13.0. The zero-order valence-electron chi connectivity index (χ0n) is 15.3. The first-order valence-corrected chi connectivity index (χ1v) is 8.88. The number of rotatable bonds is 6. The molecule has 0 aliphatic carbocycles. The topological polar surface area (TPSA) is 62.0 Å². The first kappa shape index (κ1) is 19.2. The average Bonchev–Trinajstić information content (AvgIpc) is 2.74. The molecular weight excluding hydrogens is 355 g/mol. The Labute approximate surface area is 162 Å². The van der Waals surface area contributed by atoms with Crippen LogP contribution in [0.5, 0.6) is 5.75 Å². The van der Waals surface area contributed by atoms with Crippen LogP contribution in [0.3, 0.4) is 0 Å². The predicted molar refractivity (Wildman–Crippen MR) is 109 cm³/mol. The fourth-order valence-corrected chi connectivity index (χ4v) is 2.72. The molecule has 3 rings (SSSR count). The summed E-state index contributed by atoms with van der Waals surface area (Å²) in [6.45, 7) is 1.82. The monoisotopic (exact) mass is 374 g/mol. The van der Waals surface area contributed by atoms with Gasteiger partial charge in [0.25, 0.3) is 0 Å². The van der Waals surface area contributed by atoms with Crippen molar-refractivity contribution < 1.29 is 14.3 Å². The molecule has 0 atom stereocenters. The summed E-state index contributed by atoms with van der Waals surface area (Å²) in [7, 11) is 0. The molecule has 4 nitrogen and oxygen atoms in total. The molecule has 0 saturated carbocycles. The average molecular weight is 374 g/mol. The number of benzene rings is 3. The SMILES string of the molecule is CC/C(=N\N=C(/C(=O)c1ccccc1)c1ccccc1)c1cc(F)ccc1O. The van der Waals surface area contributed by atoms with E-state index < -0.39 is 5.82 Å². The first-order chi connectivity index (χ1) is 13.6. The fourth-order valence-electron chi connectivity index (χ4n) is 2.72. The number of carbonyl (C=O) groups is 1. The summed E-state index contributed by atoms with van der Waals surface area (Å²) < 4.78 is 13.6. The van der Waals surface area contributed by atoms with Crippen molar-refractivity contribution in [1.82, 2.24) is 0 Å². The van der Waals surface area contributed by atoms with Gasteiger partial charge in [-0.3, -0.25) is 4.79 Å². The van der Waals surface area contributed by atoms with Gasteiger partial charge in [-0.1, -0.05) is 67.6 Å². The molecule has 0 fully saturated rings. The van der Waals surface area contributed by atoms with Crippen molar-refractivity contribution in [3.05, 3.63) is 101 Å². The molecule has 1 N–H and O–H groups in total. The van der Waals surface area contributed by atoms with Gasteiger partial charge in [0.1, 0.15) is 17.3 Å². The zero-order valence-corrected chi connectivity index (χ0v) is 15.3. The molecule has 0 saturated heterocycles. The van der Waals surface area contributed by atoms with Gasteiger partial charge in [-0.15, -0.1) is 5.10 Å². The molecule has 0 spiro atoms. The molecule has 5 heteroatoms. The molecule has 0 heterocycles. The number of carbonyl (C=O) groups excluding carboxylic acids is 1. The van der Waals surface area contributed by atoms with E-state index in [1.54, 1.807) is 36.4 Å². The minimum atomic E-state index is -0.485. The largest absolute Gasteiger partial charge is 0.507 e. The van der Waals surface area contributed by atoms with Gasteiger partial charge in [0, 0.05) is 16.7 Å². The van der Waals surface area contributed by atoms with Crippen LogP contribution in [-0.4, -0.2) is 22.3 Å². The van der Waals surface area contributed by atoms with Gasteiger partial charge < -0.3 is 5.11 Å². The Morgan fingerprint density at radius 3 is 2.11 bits per heavy atom. The Morgan fingerprint density at radius 2 is 1.50 bits per heavy atom. The third-order valence-electron chi connectivity index (χ3n) is 4.17. The summed E-state index contributed by atoms with van der Waals surface area (Å²) in [6.07, 6.45) is 0.405. The van der Waals surface area contributed by atoms with E-state index in [4.69, 9.17) is 0 Å². The maximum Gasteiger partial charge on any atom is 0.213 e. The van der Waals surface area contributed by atoms with E-state index in [0.717, 1.165) is 0 Å². The van der Waals surface area contributed by atoms with E-state index >= 15 is 0 Å². The Balaban J connectivity index is 2.09. The van der Waals surface area contributed by atoms with Crippen LogP contribution < -0.4 is 0 Å². The maximum absolute atomic E-state index is 13.6. The minimum Gasteiger partial charge on any atom is -0.507 e. The molecule has 0 bridgehead atoms. The van der Waals surface area contributed by atoms with Gasteiger partial charge in [-0.05, 0) is 24.6 Å². The quantitative estimate of drug-likeness (QED) is 0.374. The van der Waals surface area contributed by atoms with Crippen LogP contribution in [0.25, 0.3) is 0 Å². The fraction of sp³-hybridized carbons (Fsp3) is 0.0870. The Morgan fingerprint density at radius 1 is 0.893 bits per heavy atom. The number of phenols is 1. The summed E-state index contributed by atoms with van der Waals surface area (Å²) in [5.41, 5.74) is 1.93. The van der Waals surface area contributed by atoms with Crippen molar-refractivity contribution in [1.29, 1.82) is 0 Å². The van der Waals surface area contributed by atoms with Crippen LogP contribution in [0, 0.1) is 5.82 Å². The van der Waals surface area contributed by atoms with E-state index in [9.17, 15) is 14.3 Å². The van der Waals surface area contributed by atoms with Gasteiger partial charge in [0.15, 0.2) is 0 Å². The summed E-state index contributed by atoms with van der Waals surface area (Å²) in [6, 6.07) is 21.5. The van der Waals surface area contributed by atoms with Crippen molar-refractivity contribution in [3.8, 4) is 5.75 Å². The second-order valence-electron chi connectivity index (χ2n) is 6.07. The van der Waals surface area contributed by atoms with Crippen LogP contribution in [-0.2, 0) is 0 Å². The lowest BCUT2D eigenvalue weighted by atomic mass is 10.0. The summed E-state index contributed by atoms with van der Waals surface area (Å²) in [5, 5.41) is 18.4. The number of Topliss-reactive ketones (excluding diaryl/α,β-unsaturated/α-hetero) is 1. The molecule has 0 aliphatic rings. The Bertz CT molecular complexity index is 1030. The number of hydrogen-bond donors (Lipinski definition) is 1. The highest BCUT2D eigenvalue weighted by Gasteiger charge is 2.17. The van der Waals surface area contributed by atoms with Crippen LogP contribution in [0.1, 0.15) is 34.8 Å². The van der Waals surface area contributed by atoms with E-state index in [2.05, 4.69) is 10.2 Å². The minimum absolute atomic E-state index is 0.0900. The molecule has 28 heavy (non-hydrogen) atoms. The number of hydrogen-bond acceptors (Lipinski definition) is 4. The van der Waals surface area contributed by atoms with Crippen molar-refractivity contribution in [3.63, 3.8) is 0 Å². The molecule has 0 amide bonds. The maximum atomic E-state index is 13.6. The Hall–Kier alpha value is -3.60. The molecule has 3 aromatic rings. The number of phenolic OH excluding ortho intramolecular Hbond substituents is 1. The molecule has 0 unspecified atom stereocenters. The number of nitrogens with zero attached hydrogens (tertiary/aromatic N) is 2.